The summed E-state index contributed by atoms with van der Waals surface area (Å²) in [5.41, 5.74) is 0.901. The van der Waals surface area contributed by atoms with Crippen LogP contribution in [0.3, 0.4) is 0 Å². The monoisotopic (exact) mass is 277 g/mol. The number of aliphatic hydroxyl groups is 2. The van der Waals surface area contributed by atoms with E-state index in [-0.39, 0.29) is 24.8 Å². The lowest BCUT2D eigenvalue weighted by Crippen LogP contribution is -2.37. The number of aryl methyl sites for hydroxylation is 1. The van der Waals surface area contributed by atoms with E-state index in [1.54, 1.807) is 6.92 Å². The van der Waals surface area contributed by atoms with Crippen molar-refractivity contribution in [3.63, 3.8) is 0 Å². The van der Waals surface area contributed by atoms with E-state index in [9.17, 15) is 15.0 Å². The highest BCUT2D eigenvalue weighted by Gasteiger charge is 2.41. The maximum Gasteiger partial charge on any atom is 0.222 e. The molecule has 1 aliphatic carbocycles. The van der Waals surface area contributed by atoms with Gasteiger partial charge in [-0.2, -0.15) is 0 Å². The summed E-state index contributed by atoms with van der Waals surface area (Å²) < 4.78 is 0. The lowest BCUT2D eigenvalue weighted by molar-refractivity contribution is -0.126. The fraction of sp³-hybridized carbons (Fsp3) is 0.562. The van der Waals surface area contributed by atoms with Crippen molar-refractivity contribution in [3.8, 4) is 0 Å². The number of nitrogens with one attached hydrogen (secondary N) is 1. The second kappa shape index (κ2) is 5.94. The van der Waals surface area contributed by atoms with Crippen LogP contribution in [-0.4, -0.2) is 28.3 Å². The summed E-state index contributed by atoms with van der Waals surface area (Å²) in [5, 5.41) is 22.9. The van der Waals surface area contributed by atoms with Gasteiger partial charge in [0.15, 0.2) is 0 Å². The number of benzene rings is 1. The Labute approximate surface area is 119 Å². The van der Waals surface area contributed by atoms with Crippen LogP contribution in [-0.2, 0) is 4.79 Å². The second-order valence-electron chi connectivity index (χ2n) is 5.98. The van der Waals surface area contributed by atoms with Crippen LogP contribution >= 0.6 is 0 Å². The Morgan fingerprint density at radius 1 is 1.45 bits per heavy atom. The summed E-state index contributed by atoms with van der Waals surface area (Å²) in [6, 6.07) is 7.56. The van der Waals surface area contributed by atoms with Crippen LogP contribution in [0.25, 0.3) is 0 Å². The molecule has 0 heterocycles. The highest BCUT2D eigenvalue weighted by Crippen LogP contribution is 2.41. The van der Waals surface area contributed by atoms with Crippen LogP contribution in [0.15, 0.2) is 24.3 Å². The van der Waals surface area contributed by atoms with Crippen LogP contribution in [0.2, 0.25) is 0 Å². The van der Waals surface area contributed by atoms with Gasteiger partial charge in [-0.15, -0.1) is 0 Å². The molecule has 0 aromatic heterocycles. The number of aliphatic hydroxyl groups excluding tert-OH is 1. The van der Waals surface area contributed by atoms with Crippen LogP contribution in [0.4, 0.5) is 0 Å². The molecule has 20 heavy (non-hydrogen) atoms. The zero-order valence-electron chi connectivity index (χ0n) is 12.1. The van der Waals surface area contributed by atoms with Crippen molar-refractivity contribution in [2.45, 2.75) is 44.8 Å². The van der Waals surface area contributed by atoms with E-state index in [1.807, 2.05) is 31.2 Å². The van der Waals surface area contributed by atoms with Gasteiger partial charge in [0.2, 0.25) is 5.91 Å². The van der Waals surface area contributed by atoms with Gasteiger partial charge in [-0.05, 0) is 43.7 Å². The Balaban J connectivity index is 1.82. The molecule has 1 fully saturated rings. The zero-order valence-corrected chi connectivity index (χ0v) is 12.1. The van der Waals surface area contributed by atoms with E-state index in [0.29, 0.717) is 0 Å². The average Bonchev–Trinajstić information content (AvgIpc) is 3.20. The molecule has 0 unspecified atom stereocenters. The third-order valence-corrected chi connectivity index (χ3v) is 4.02. The maximum atomic E-state index is 11.8. The van der Waals surface area contributed by atoms with Crippen LogP contribution in [0.5, 0.6) is 0 Å². The second-order valence-corrected chi connectivity index (χ2v) is 5.98. The molecule has 0 radical (unpaired) electrons. The fourth-order valence-corrected chi connectivity index (χ4v) is 2.52. The van der Waals surface area contributed by atoms with Crippen molar-refractivity contribution >= 4 is 5.91 Å². The van der Waals surface area contributed by atoms with Crippen molar-refractivity contribution in [3.05, 3.63) is 35.4 Å². The summed E-state index contributed by atoms with van der Waals surface area (Å²) in [6.07, 6.45) is 1.36. The zero-order chi connectivity index (χ0) is 14.8. The van der Waals surface area contributed by atoms with Gasteiger partial charge in [0, 0.05) is 6.54 Å². The van der Waals surface area contributed by atoms with Gasteiger partial charge in [-0.1, -0.05) is 24.3 Å². The van der Waals surface area contributed by atoms with E-state index in [2.05, 4.69) is 5.32 Å². The molecule has 110 valence electrons. The molecule has 1 aliphatic rings. The first-order valence-corrected chi connectivity index (χ1v) is 7.13. The Morgan fingerprint density at radius 2 is 2.10 bits per heavy atom. The Hall–Kier alpha value is -1.39. The molecule has 1 saturated carbocycles. The molecule has 1 aromatic carbocycles. The molecule has 4 nitrogen and oxygen atoms in total. The number of rotatable bonds is 6. The number of hydrogen-bond donors (Lipinski definition) is 3. The van der Waals surface area contributed by atoms with Gasteiger partial charge in [0.05, 0.1) is 18.1 Å². The molecule has 0 bridgehead atoms. The first-order chi connectivity index (χ1) is 9.40. The molecule has 3 N–H and O–H groups in total. The minimum absolute atomic E-state index is 0.0954. The predicted molar refractivity (Wildman–Crippen MR) is 77.1 cm³/mol. The third-order valence-electron chi connectivity index (χ3n) is 4.02. The number of hydrogen-bond acceptors (Lipinski definition) is 3. The minimum Gasteiger partial charge on any atom is -0.389 e. The highest BCUT2D eigenvalue weighted by molar-refractivity contribution is 5.77. The van der Waals surface area contributed by atoms with Crippen LogP contribution < -0.4 is 5.32 Å². The molecule has 2 atom stereocenters. The predicted octanol–water partition coefficient (Wildman–Crippen LogP) is 1.70. The van der Waals surface area contributed by atoms with Crippen molar-refractivity contribution in [1.82, 2.24) is 5.32 Å². The molecule has 1 amide bonds. The van der Waals surface area contributed by atoms with Gasteiger partial charge in [0.25, 0.3) is 0 Å². The number of carbonyl (C=O) groups excluding carboxylic acids is 1. The molecule has 4 heteroatoms. The van der Waals surface area contributed by atoms with Gasteiger partial charge < -0.3 is 15.5 Å². The van der Waals surface area contributed by atoms with Crippen molar-refractivity contribution < 1.29 is 15.0 Å². The molecular weight excluding hydrogens is 254 g/mol. The first kappa shape index (κ1) is 15.0. The van der Waals surface area contributed by atoms with E-state index >= 15 is 0 Å². The van der Waals surface area contributed by atoms with Crippen LogP contribution in [0, 0.1) is 12.8 Å². The van der Waals surface area contributed by atoms with E-state index in [4.69, 9.17) is 0 Å². The molecule has 1 aromatic rings. The number of amides is 1. The summed E-state index contributed by atoms with van der Waals surface area (Å²) in [6.45, 7) is 3.81. The molecule has 0 saturated heterocycles. The molecule has 0 spiro atoms. The lowest BCUT2D eigenvalue weighted by atomic mass is 9.96. The third kappa shape index (κ3) is 3.81. The van der Waals surface area contributed by atoms with Crippen molar-refractivity contribution in [2.75, 3.05) is 6.54 Å². The molecule has 2 rings (SSSR count). The normalized spacial score (nSPS) is 19.2. The average molecular weight is 277 g/mol. The van der Waals surface area contributed by atoms with E-state index < -0.39 is 11.7 Å². The topological polar surface area (TPSA) is 69.6 Å². The van der Waals surface area contributed by atoms with Crippen molar-refractivity contribution in [2.24, 2.45) is 5.92 Å². The van der Waals surface area contributed by atoms with Gasteiger partial charge in [-0.3, -0.25) is 4.79 Å². The number of carbonyl (C=O) groups is 1. The Bertz CT molecular complexity index is 480. The summed E-state index contributed by atoms with van der Waals surface area (Å²) in [7, 11) is 0. The van der Waals surface area contributed by atoms with Gasteiger partial charge in [0.1, 0.15) is 0 Å². The van der Waals surface area contributed by atoms with E-state index in [0.717, 1.165) is 24.0 Å². The maximum absolute atomic E-state index is 11.8. The summed E-state index contributed by atoms with van der Waals surface area (Å²) in [4.78, 5) is 11.8. The summed E-state index contributed by atoms with van der Waals surface area (Å²) >= 11 is 0. The SMILES string of the molecule is Cc1ccccc1[C@H](O)CNC(=O)C[C@@](C)(O)C1CC1. The largest absolute Gasteiger partial charge is 0.389 e. The van der Waals surface area contributed by atoms with E-state index in [1.165, 1.54) is 0 Å². The van der Waals surface area contributed by atoms with Gasteiger partial charge in [-0.25, -0.2) is 0 Å². The van der Waals surface area contributed by atoms with Gasteiger partial charge >= 0.3 is 0 Å². The smallest absolute Gasteiger partial charge is 0.222 e. The fourth-order valence-electron chi connectivity index (χ4n) is 2.52. The quantitative estimate of drug-likeness (QED) is 0.741. The Morgan fingerprint density at radius 3 is 2.70 bits per heavy atom. The molecule has 0 aliphatic heterocycles. The summed E-state index contributed by atoms with van der Waals surface area (Å²) in [5.74, 6) is 0.0316. The lowest BCUT2D eigenvalue weighted by Gasteiger charge is -2.22. The Kier molecular flexibility index (Phi) is 4.45. The first-order valence-electron chi connectivity index (χ1n) is 7.13. The minimum atomic E-state index is -0.919. The highest BCUT2D eigenvalue weighted by atomic mass is 16.3. The standard InChI is InChI=1S/C16H23NO3/c1-11-5-3-4-6-13(11)14(18)10-17-15(19)9-16(2,20)12-7-8-12/h3-6,12,14,18,20H,7-10H2,1-2H3,(H,17,19)/t14-,16-/m1/s1. The van der Waals surface area contributed by atoms with Crippen LogP contribution in [0.1, 0.15) is 43.4 Å². The van der Waals surface area contributed by atoms with Crippen molar-refractivity contribution in [1.29, 1.82) is 0 Å². The molecular formula is C16H23NO3.